The lowest BCUT2D eigenvalue weighted by atomic mass is 10.0. The van der Waals surface area contributed by atoms with Crippen molar-refractivity contribution in [2.45, 2.75) is 13.0 Å². The van der Waals surface area contributed by atoms with E-state index in [1.54, 1.807) is 31.2 Å². The predicted molar refractivity (Wildman–Crippen MR) is 129 cm³/mol. The molecule has 0 saturated heterocycles. The van der Waals surface area contributed by atoms with Crippen LogP contribution in [-0.2, 0) is 9.53 Å². The molecule has 1 aliphatic heterocycles. The van der Waals surface area contributed by atoms with Gasteiger partial charge >= 0.3 is 5.97 Å². The summed E-state index contributed by atoms with van der Waals surface area (Å²) < 4.78 is 6.95. The van der Waals surface area contributed by atoms with E-state index in [2.05, 4.69) is 4.99 Å². The summed E-state index contributed by atoms with van der Waals surface area (Å²) in [5.74, 6) is -0.524. The number of hydrogen-bond donors (Lipinski definition) is 0. The summed E-state index contributed by atoms with van der Waals surface area (Å²) >= 11 is 13.5. The zero-order valence-electron chi connectivity index (χ0n) is 17.2. The van der Waals surface area contributed by atoms with Crippen molar-refractivity contribution in [3.63, 3.8) is 0 Å². The molecule has 2 heterocycles. The van der Waals surface area contributed by atoms with Crippen LogP contribution in [0, 0.1) is 0 Å². The Morgan fingerprint density at radius 1 is 1.19 bits per heavy atom. The first kappa shape index (κ1) is 22.3. The fourth-order valence-electron chi connectivity index (χ4n) is 3.44. The lowest BCUT2D eigenvalue weighted by Crippen LogP contribution is -2.38. The van der Waals surface area contributed by atoms with E-state index < -0.39 is 12.0 Å². The van der Waals surface area contributed by atoms with Crippen LogP contribution in [-0.4, -0.2) is 17.6 Å². The minimum Gasteiger partial charge on any atom is -0.466 e. The van der Waals surface area contributed by atoms with Crippen LogP contribution in [0.15, 0.2) is 75.7 Å². The smallest absolute Gasteiger partial charge is 0.338 e. The number of hydrogen-bond acceptors (Lipinski definition) is 5. The van der Waals surface area contributed by atoms with Crippen LogP contribution < -0.4 is 14.9 Å². The number of benzene rings is 2. The number of methoxy groups -OCH3 is 1. The monoisotopic (exact) mass is 484 g/mol. The first-order chi connectivity index (χ1) is 15.4. The second kappa shape index (κ2) is 9.28. The van der Waals surface area contributed by atoms with Gasteiger partial charge in [0.15, 0.2) is 4.80 Å². The van der Waals surface area contributed by atoms with Crippen LogP contribution >= 0.6 is 34.5 Å². The Balaban J connectivity index is 1.90. The van der Waals surface area contributed by atoms with Crippen LogP contribution in [0.5, 0.6) is 0 Å². The maximum absolute atomic E-state index is 13.4. The highest BCUT2D eigenvalue weighted by atomic mass is 35.5. The average molecular weight is 485 g/mol. The second-order valence-electron chi connectivity index (χ2n) is 7.05. The van der Waals surface area contributed by atoms with E-state index >= 15 is 0 Å². The number of fused-ring (bicyclic) bond motifs is 1. The molecule has 8 heteroatoms. The molecular formula is C24H18Cl2N2O3S. The highest BCUT2D eigenvalue weighted by Gasteiger charge is 2.30. The van der Waals surface area contributed by atoms with E-state index in [1.165, 1.54) is 23.0 Å². The molecule has 0 bridgehead atoms. The molecule has 5 nitrogen and oxygen atoms in total. The quantitative estimate of drug-likeness (QED) is 0.516. The molecule has 3 aromatic rings. The van der Waals surface area contributed by atoms with E-state index in [0.717, 1.165) is 5.56 Å². The second-order valence-corrected chi connectivity index (χ2v) is 8.90. The summed E-state index contributed by atoms with van der Waals surface area (Å²) in [5, 5.41) is 0.952. The molecule has 4 rings (SSSR count). The number of ether oxygens (including phenoxy) is 1. The van der Waals surface area contributed by atoms with Gasteiger partial charge in [-0.3, -0.25) is 9.36 Å². The molecule has 0 amide bonds. The molecule has 0 aliphatic carbocycles. The molecule has 32 heavy (non-hydrogen) atoms. The van der Waals surface area contributed by atoms with Crippen LogP contribution in [0.2, 0.25) is 10.0 Å². The van der Waals surface area contributed by atoms with Gasteiger partial charge in [-0.25, -0.2) is 9.79 Å². The third-order valence-corrected chi connectivity index (χ3v) is 6.53. The number of thiazole rings is 1. The van der Waals surface area contributed by atoms with E-state index in [1.807, 2.05) is 42.5 Å². The highest BCUT2D eigenvalue weighted by molar-refractivity contribution is 7.07. The molecule has 0 saturated carbocycles. The fourth-order valence-corrected chi connectivity index (χ4v) is 4.95. The van der Waals surface area contributed by atoms with Crippen molar-refractivity contribution in [2.75, 3.05) is 7.11 Å². The topological polar surface area (TPSA) is 60.7 Å². The maximum atomic E-state index is 13.4. The summed E-state index contributed by atoms with van der Waals surface area (Å²) in [6.45, 7) is 1.74. The summed E-state index contributed by atoms with van der Waals surface area (Å²) in [4.78, 5) is 31.0. The van der Waals surface area contributed by atoms with Gasteiger partial charge in [-0.15, -0.1) is 0 Å². The third kappa shape index (κ3) is 4.35. The van der Waals surface area contributed by atoms with Gasteiger partial charge in [-0.05, 0) is 36.3 Å². The van der Waals surface area contributed by atoms with Gasteiger partial charge in [0, 0.05) is 10.0 Å². The molecular weight excluding hydrogens is 467 g/mol. The van der Waals surface area contributed by atoms with Gasteiger partial charge in [0.1, 0.15) is 0 Å². The predicted octanol–water partition coefficient (Wildman–Crippen LogP) is 4.38. The van der Waals surface area contributed by atoms with Gasteiger partial charge in [0.2, 0.25) is 0 Å². The van der Waals surface area contributed by atoms with Crippen molar-refractivity contribution in [3.8, 4) is 0 Å². The third-order valence-electron chi connectivity index (χ3n) is 4.99. The van der Waals surface area contributed by atoms with Crippen LogP contribution in [0.3, 0.4) is 0 Å². The standard InChI is InChI=1S/C24H18Cl2N2O3S/c1-14-21(23(30)31-2)19(11-8-15-6-4-3-5-7-15)28-22(29)20(32-24(28)27-14)12-16-9-10-17(25)13-18(16)26/h3-13,19H,1-2H3/b11-8-,20-12?/t19-/m0/s1. The first-order valence-corrected chi connectivity index (χ1v) is 11.3. The number of nitrogens with zero attached hydrogens (tertiary/aromatic N) is 2. The number of rotatable bonds is 4. The Morgan fingerprint density at radius 3 is 2.62 bits per heavy atom. The Bertz CT molecular complexity index is 1440. The Labute approximate surface area is 198 Å². The highest BCUT2D eigenvalue weighted by Crippen LogP contribution is 2.26. The minimum absolute atomic E-state index is 0.267. The lowest BCUT2D eigenvalue weighted by molar-refractivity contribution is -0.136. The maximum Gasteiger partial charge on any atom is 0.338 e. The van der Waals surface area contributed by atoms with E-state index in [9.17, 15) is 9.59 Å². The van der Waals surface area contributed by atoms with Crippen molar-refractivity contribution in [1.29, 1.82) is 0 Å². The number of carbonyl (C=O) groups is 1. The van der Waals surface area contributed by atoms with E-state index in [4.69, 9.17) is 27.9 Å². The number of aromatic nitrogens is 1. The largest absolute Gasteiger partial charge is 0.466 e. The first-order valence-electron chi connectivity index (χ1n) is 9.68. The molecule has 1 aromatic heterocycles. The van der Waals surface area contributed by atoms with E-state index in [-0.39, 0.29) is 5.56 Å². The van der Waals surface area contributed by atoms with Crippen molar-refractivity contribution < 1.29 is 9.53 Å². The van der Waals surface area contributed by atoms with Gasteiger partial charge in [0.05, 0.1) is 29.0 Å². The molecule has 1 aliphatic rings. The van der Waals surface area contributed by atoms with E-state index in [0.29, 0.717) is 36.2 Å². The van der Waals surface area contributed by atoms with Crippen molar-refractivity contribution >= 4 is 52.7 Å². The zero-order valence-corrected chi connectivity index (χ0v) is 19.5. The van der Waals surface area contributed by atoms with Crippen LogP contribution in [0.1, 0.15) is 24.1 Å². The molecule has 2 aromatic carbocycles. The van der Waals surface area contributed by atoms with Gasteiger partial charge in [0.25, 0.3) is 5.56 Å². The molecule has 1 atom stereocenters. The normalized spacial score (nSPS) is 16.2. The average Bonchev–Trinajstić information content (AvgIpc) is 3.08. The SMILES string of the molecule is COC(=O)C1=C(C)N=c2sc(=Cc3ccc(Cl)cc3Cl)c(=O)n2[C@H]1/C=C\c1ccccc1. The molecule has 0 radical (unpaired) electrons. The van der Waals surface area contributed by atoms with Gasteiger partial charge < -0.3 is 4.74 Å². The molecule has 162 valence electrons. The molecule has 0 N–H and O–H groups in total. The lowest BCUT2D eigenvalue weighted by Gasteiger charge is -2.21. The summed E-state index contributed by atoms with van der Waals surface area (Å²) in [6.07, 6.45) is 5.40. The Hall–Kier alpha value is -2.93. The van der Waals surface area contributed by atoms with Gasteiger partial charge in [-0.2, -0.15) is 0 Å². The Kier molecular flexibility index (Phi) is 6.46. The summed E-state index contributed by atoms with van der Waals surface area (Å²) in [7, 11) is 1.31. The fraction of sp³-hybridized carbons (Fsp3) is 0.125. The molecule has 0 fully saturated rings. The van der Waals surface area contributed by atoms with Crippen molar-refractivity contribution in [2.24, 2.45) is 4.99 Å². The number of carbonyl (C=O) groups excluding carboxylic acids is 1. The number of halogens is 2. The number of allylic oxidation sites excluding steroid dienone is 2. The summed E-state index contributed by atoms with van der Waals surface area (Å²) in [5.41, 5.74) is 2.18. The van der Waals surface area contributed by atoms with Crippen molar-refractivity contribution in [1.82, 2.24) is 4.57 Å². The minimum atomic E-state index is -0.651. The van der Waals surface area contributed by atoms with Gasteiger partial charge in [-0.1, -0.05) is 83.1 Å². The molecule has 0 unspecified atom stereocenters. The molecule has 0 spiro atoms. The zero-order chi connectivity index (χ0) is 22.8. The van der Waals surface area contributed by atoms with Crippen LogP contribution in [0.4, 0.5) is 0 Å². The van der Waals surface area contributed by atoms with Crippen molar-refractivity contribution in [3.05, 3.63) is 107 Å². The Morgan fingerprint density at radius 2 is 1.94 bits per heavy atom. The van der Waals surface area contributed by atoms with Crippen LogP contribution in [0.25, 0.3) is 12.2 Å². The number of esters is 1. The summed E-state index contributed by atoms with van der Waals surface area (Å²) in [6, 6.07) is 14.1.